The number of carbonyl (C=O) groups is 2. The molecule has 5 rings (SSSR count). The van der Waals surface area contributed by atoms with Gasteiger partial charge in [0.05, 0.1) is 18.1 Å². The number of amides is 2. The maximum Gasteiger partial charge on any atom is 0.280 e. The quantitative estimate of drug-likeness (QED) is 0.100. The molecule has 4 heterocycles. The largest absolute Gasteiger partial charge is 0.382 e. The van der Waals surface area contributed by atoms with E-state index in [1.807, 2.05) is 4.90 Å². The summed E-state index contributed by atoms with van der Waals surface area (Å²) in [5.41, 5.74) is 41.0. The maximum absolute atomic E-state index is 12.7. The van der Waals surface area contributed by atoms with Crippen molar-refractivity contribution in [1.29, 1.82) is 0 Å². The molecule has 0 radical (unpaired) electrons. The molecule has 0 aromatic carbocycles. The Bertz CT molecular complexity index is 1930. The summed E-state index contributed by atoms with van der Waals surface area (Å²) in [6.45, 7) is 6.50. The number of aliphatic imine (C=N–C) groups is 4. The predicted molar refractivity (Wildman–Crippen MR) is 222 cm³/mol. The molecule has 0 atom stereocenters. The summed E-state index contributed by atoms with van der Waals surface area (Å²) >= 11 is 11.8. The van der Waals surface area contributed by atoms with Crippen molar-refractivity contribution in [3.8, 4) is 0 Å². The number of hydrogen-bond acceptors (Lipinski definition) is 15. The minimum Gasteiger partial charge on any atom is -0.382 e. The molecule has 22 nitrogen and oxygen atoms in total. The molecule has 1 aliphatic carbocycles. The topological polar surface area (TPSA) is 360 Å². The van der Waals surface area contributed by atoms with Gasteiger partial charge in [-0.05, 0) is 38.5 Å². The van der Waals surface area contributed by atoms with Crippen LogP contribution < -0.4 is 56.1 Å². The highest BCUT2D eigenvalue weighted by Crippen LogP contribution is 2.22. The fourth-order valence-corrected chi connectivity index (χ4v) is 6.84. The average Bonchev–Trinajstić information content (AvgIpc) is 3.43. The smallest absolute Gasteiger partial charge is 0.280 e. The van der Waals surface area contributed by atoms with Gasteiger partial charge in [-0.3, -0.25) is 25.5 Å². The van der Waals surface area contributed by atoms with Gasteiger partial charge in [0.1, 0.15) is 5.82 Å². The third kappa shape index (κ3) is 11.8. The molecule has 0 unspecified atom stereocenters. The monoisotopic (exact) mass is 828 g/mol. The van der Waals surface area contributed by atoms with Crippen LogP contribution >= 0.6 is 23.2 Å². The first-order chi connectivity index (χ1) is 27.2. The van der Waals surface area contributed by atoms with Crippen LogP contribution in [0.2, 0.25) is 10.3 Å². The lowest BCUT2D eigenvalue weighted by Crippen LogP contribution is -2.51. The lowest BCUT2D eigenvalue weighted by Gasteiger charge is -2.35. The fourth-order valence-electron chi connectivity index (χ4n) is 6.59. The van der Waals surface area contributed by atoms with E-state index in [0.29, 0.717) is 63.6 Å². The number of aromatic nitrogens is 4. The van der Waals surface area contributed by atoms with Gasteiger partial charge in [-0.1, -0.05) is 55.5 Å². The minimum absolute atomic E-state index is 0.0925. The molecule has 1 saturated carbocycles. The number of nitrogen functional groups attached to an aromatic ring is 4. The standard InChI is InChI=1S/C33H50Cl2N20O2/c1-16(54-12-8-18(9-13-54)45-30(40)51-28(56)20-24(36)49-26(38)22(34)47-20)43-33(53-32(42)44-17-6-4-2-3-5-7-17)55-14-10-19(11-15-55)46-31(41)52-29(57)21-25(37)50-27(39)23(35)48-21/h17-19H,1-15H2,(H4,36,38,49)(H4,37,39,50)(H3,40,45,51,56)(H3,41,46,52,57)(H3,42,43,44,53). The van der Waals surface area contributed by atoms with Crippen molar-refractivity contribution >= 4 is 82.1 Å². The van der Waals surface area contributed by atoms with E-state index in [1.165, 1.54) is 12.8 Å². The second-order valence-electron chi connectivity index (χ2n) is 13.8. The van der Waals surface area contributed by atoms with Crippen molar-refractivity contribution in [3.63, 3.8) is 0 Å². The Balaban J connectivity index is 1.21. The van der Waals surface area contributed by atoms with Gasteiger partial charge in [0.2, 0.25) is 5.96 Å². The molecule has 308 valence electrons. The van der Waals surface area contributed by atoms with Gasteiger partial charge >= 0.3 is 0 Å². The Hall–Kier alpha value is -5.90. The van der Waals surface area contributed by atoms with Crippen molar-refractivity contribution in [3.05, 3.63) is 34.1 Å². The van der Waals surface area contributed by atoms with E-state index in [1.54, 1.807) is 0 Å². The molecule has 3 fully saturated rings. The molecule has 17 N–H and O–H groups in total. The number of guanidine groups is 4. The van der Waals surface area contributed by atoms with Crippen LogP contribution in [0.5, 0.6) is 0 Å². The lowest BCUT2D eigenvalue weighted by molar-refractivity contribution is 0.0963. The highest BCUT2D eigenvalue weighted by atomic mass is 35.5. The first-order valence-corrected chi connectivity index (χ1v) is 19.3. The van der Waals surface area contributed by atoms with Crippen LogP contribution in [0, 0.1) is 0 Å². The van der Waals surface area contributed by atoms with Crippen LogP contribution in [0.3, 0.4) is 0 Å². The molecule has 0 bridgehead atoms. The lowest BCUT2D eigenvalue weighted by atomic mass is 10.1. The zero-order valence-corrected chi connectivity index (χ0v) is 32.9. The molecule has 2 aliphatic heterocycles. The van der Waals surface area contributed by atoms with Crippen LogP contribution in [0.15, 0.2) is 32.4 Å². The molecule has 24 heteroatoms. The number of anilines is 4. The van der Waals surface area contributed by atoms with Gasteiger partial charge < -0.3 is 49.9 Å². The Labute approximate surface area is 339 Å². The minimum atomic E-state index is -0.715. The number of halogens is 2. The molecular weight excluding hydrogens is 779 g/mol. The number of rotatable bonds is 7. The van der Waals surface area contributed by atoms with E-state index in [4.69, 9.17) is 73.3 Å². The number of likely N-dealkylation sites (tertiary alicyclic amines) is 2. The van der Waals surface area contributed by atoms with Crippen LogP contribution in [0.25, 0.3) is 0 Å². The number of piperidine rings is 2. The van der Waals surface area contributed by atoms with Crippen molar-refractivity contribution < 1.29 is 9.59 Å². The van der Waals surface area contributed by atoms with Gasteiger partial charge in [-0.25, -0.2) is 34.9 Å². The van der Waals surface area contributed by atoms with Crippen LogP contribution in [0.1, 0.15) is 85.2 Å². The van der Waals surface area contributed by atoms with Gasteiger partial charge in [-0.15, -0.1) is 0 Å². The van der Waals surface area contributed by atoms with Crippen molar-refractivity contribution in [2.24, 2.45) is 37.2 Å². The van der Waals surface area contributed by atoms with Crippen LogP contribution in [0.4, 0.5) is 23.3 Å². The zero-order chi connectivity index (χ0) is 41.2. The van der Waals surface area contributed by atoms with E-state index in [2.05, 4.69) is 57.3 Å². The average molecular weight is 830 g/mol. The predicted octanol–water partition coefficient (Wildman–Crippen LogP) is 0.0745. The Morgan fingerprint density at radius 3 is 1.40 bits per heavy atom. The first-order valence-electron chi connectivity index (χ1n) is 18.5. The van der Waals surface area contributed by atoms with Gasteiger partial charge in [0.15, 0.2) is 62.8 Å². The molecule has 2 aromatic rings. The Morgan fingerprint density at radius 1 is 0.579 bits per heavy atom. The van der Waals surface area contributed by atoms with E-state index >= 15 is 0 Å². The second kappa shape index (κ2) is 19.3. The molecule has 0 spiro atoms. The summed E-state index contributed by atoms with van der Waals surface area (Å²) in [7, 11) is 0. The number of nitrogens with zero attached hydrogens (tertiary/aromatic N) is 10. The van der Waals surface area contributed by atoms with Crippen molar-refractivity contribution in [1.82, 2.24) is 45.7 Å². The summed E-state index contributed by atoms with van der Waals surface area (Å²) < 4.78 is 0. The van der Waals surface area contributed by atoms with Crippen LogP contribution in [-0.4, -0.2) is 110 Å². The normalized spacial score (nSPS) is 18.6. The summed E-state index contributed by atoms with van der Waals surface area (Å²) in [5, 5.41) is 7.92. The van der Waals surface area contributed by atoms with Crippen LogP contribution in [-0.2, 0) is 0 Å². The number of carbonyl (C=O) groups excluding carboxylic acids is 2. The highest BCUT2D eigenvalue weighted by Gasteiger charge is 2.26. The summed E-state index contributed by atoms with van der Waals surface area (Å²) in [4.78, 5) is 63.6. The van der Waals surface area contributed by atoms with Crippen molar-refractivity contribution in [2.45, 2.75) is 82.3 Å². The number of nitrogens with one attached hydrogen (secondary N) is 3. The van der Waals surface area contributed by atoms with Crippen molar-refractivity contribution in [2.75, 3.05) is 49.1 Å². The van der Waals surface area contributed by atoms with Gasteiger partial charge in [-0.2, -0.15) is 4.99 Å². The number of hydrogen-bond donors (Lipinski definition) is 10. The molecule has 3 aliphatic rings. The summed E-state index contributed by atoms with van der Waals surface area (Å²) in [6.07, 6.45) is 8.99. The molecule has 2 aromatic heterocycles. The third-order valence-electron chi connectivity index (χ3n) is 9.58. The van der Waals surface area contributed by atoms with E-state index in [-0.39, 0.29) is 81.0 Å². The van der Waals surface area contributed by atoms with Gasteiger partial charge in [0, 0.05) is 26.2 Å². The Kier molecular flexibility index (Phi) is 14.3. The second-order valence-corrected chi connectivity index (χ2v) is 14.5. The van der Waals surface area contributed by atoms with E-state index < -0.39 is 11.8 Å². The molecule has 2 saturated heterocycles. The fraction of sp³-hybridized carbons (Fsp3) is 0.515. The molecular formula is C33H50Cl2N20O2. The van der Waals surface area contributed by atoms with E-state index in [0.717, 1.165) is 25.7 Å². The number of nitrogens with two attached hydrogens (primary N) is 7. The molecule has 57 heavy (non-hydrogen) atoms. The summed E-state index contributed by atoms with van der Waals surface area (Å²) in [6, 6.07) is -0.240. The zero-order valence-electron chi connectivity index (χ0n) is 31.4. The summed E-state index contributed by atoms with van der Waals surface area (Å²) in [5.74, 6) is -0.874. The third-order valence-corrected chi connectivity index (χ3v) is 10.1. The SMILES string of the molecule is C=C(N=C(NC(N)=NC1CCCCCC1)N1CCC(N=C(N)NC(=O)c2nc(Cl)c(N)nc2N)CC1)N1CCC(N=C(N)NC(=O)c2nc(Cl)c(N)nc2N)CC1. The maximum atomic E-state index is 12.7. The highest BCUT2D eigenvalue weighted by molar-refractivity contribution is 6.32. The first kappa shape index (κ1) is 42.2. The Morgan fingerprint density at radius 2 is 0.965 bits per heavy atom. The van der Waals surface area contributed by atoms with Gasteiger partial charge in [0.25, 0.3) is 11.8 Å². The molecule has 2 amide bonds. The van der Waals surface area contributed by atoms with E-state index in [9.17, 15) is 9.59 Å².